The van der Waals surface area contributed by atoms with Crippen LogP contribution in [-0.2, 0) is 14.2 Å². The van der Waals surface area contributed by atoms with E-state index in [2.05, 4.69) is 10.3 Å². The van der Waals surface area contributed by atoms with Crippen molar-refractivity contribution in [2.45, 2.75) is 31.9 Å². The van der Waals surface area contributed by atoms with Crippen molar-refractivity contribution in [2.75, 3.05) is 40.1 Å². The Bertz CT molecular complexity index is 248. The number of hydrogen-bond acceptors (Lipinski definition) is 4. The van der Waals surface area contributed by atoms with E-state index >= 15 is 0 Å². The standard InChI is InChI=1S/C12H25N3O3.HI/c1-10(8-16-2)15-12(13)14-5-3-6-18-11-4-7-17-9-11;/h10-11H,3-9H2,1-2H3,(H3,13,14,15);1H. The van der Waals surface area contributed by atoms with E-state index in [4.69, 9.17) is 19.9 Å². The number of rotatable bonds is 8. The van der Waals surface area contributed by atoms with Gasteiger partial charge in [-0.3, -0.25) is 4.99 Å². The highest BCUT2D eigenvalue weighted by Crippen LogP contribution is 2.07. The highest BCUT2D eigenvalue weighted by Gasteiger charge is 2.15. The average Bonchev–Trinajstić information content (AvgIpc) is 2.81. The molecular weight excluding hydrogens is 361 g/mol. The third-order valence-corrected chi connectivity index (χ3v) is 2.64. The summed E-state index contributed by atoms with van der Waals surface area (Å²) in [5.41, 5.74) is 5.73. The molecule has 1 heterocycles. The fourth-order valence-corrected chi connectivity index (χ4v) is 1.75. The van der Waals surface area contributed by atoms with Crippen LogP contribution in [0.25, 0.3) is 0 Å². The zero-order chi connectivity index (χ0) is 13.2. The van der Waals surface area contributed by atoms with Crippen molar-refractivity contribution in [3.63, 3.8) is 0 Å². The lowest BCUT2D eigenvalue weighted by atomic mass is 10.3. The molecule has 1 fully saturated rings. The van der Waals surface area contributed by atoms with Crippen LogP contribution in [0.5, 0.6) is 0 Å². The molecule has 0 saturated carbocycles. The van der Waals surface area contributed by atoms with E-state index in [1.165, 1.54) is 0 Å². The van der Waals surface area contributed by atoms with Gasteiger partial charge in [0, 0.05) is 32.9 Å². The maximum absolute atomic E-state index is 5.73. The van der Waals surface area contributed by atoms with Gasteiger partial charge in [-0.15, -0.1) is 24.0 Å². The van der Waals surface area contributed by atoms with Gasteiger partial charge in [-0.25, -0.2) is 0 Å². The first-order valence-electron chi connectivity index (χ1n) is 6.47. The molecular formula is C12H26IN3O3. The topological polar surface area (TPSA) is 78.1 Å². The molecule has 1 aliphatic heterocycles. The zero-order valence-electron chi connectivity index (χ0n) is 11.8. The summed E-state index contributed by atoms with van der Waals surface area (Å²) in [5, 5.41) is 3.05. The first-order valence-corrected chi connectivity index (χ1v) is 6.47. The number of methoxy groups -OCH3 is 1. The van der Waals surface area contributed by atoms with Gasteiger partial charge in [0.2, 0.25) is 0 Å². The molecule has 2 unspecified atom stereocenters. The molecule has 114 valence electrons. The van der Waals surface area contributed by atoms with E-state index in [0.29, 0.717) is 25.7 Å². The molecule has 0 aromatic carbocycles. The zero-order valence-corrected chi connectivity index (χ0v) is 14.1. The molecule has 1 rings (SSSR count). The number of guanidine groups is 1. The van der Waals surface area contributed by atoms with Gasteiger partial charge in [0.05, 0.1) is 19.3 Å². The number of nitrogens with zero attached hydrogens (tertiary/aromatic N) is 1. The molecule has 0 aromatic heterocycles. The van der Waals surface area contributed by atoms with E-state index in [1.807, 2.05) is 6.92 Å². The van der Waals surface area contributed by atoms with Gasteiger partial charge >= 0.3 is 0 Å². The van der Waals surface area contributed by atoms with Crippen molar-refractivity contribution in [2.24, 2.45) is 10.7 Å². The molecule has 0 amide bonds. The van der Waals surface area contributed by atoms with Gasteiger partial charge in [-0.05, 0) is 19.8 Å². The van der Waals surface area contributed by atoms with Crippen molar-refractivity contribution < 1.29 is 14.2 Å². The summed E-state index contributed by atoms with van der Waals surface area (Å²) in [6, 6.07) is 0.172. The Labute approximate surface area is 132 Å². The largest absolute Gasteiger partial charge is 0.383 e. The van der Waals surface area contributed by atoms with E-state index in [9.17, 15) is 0 Å². The third kappa shape index (κ3) is 9.42. The Balaban J connectivity index is 0.00000324. The monoisotopic (exact) mass is 387 g/mol. The second-order valence-electron chi connectivity index (χ2n) is 4.48. The van der Waals surface area contributed by atoms with Crippen LogP contribution in [-0.4, -0.2) is 58.2 Å². The summed E-state index contributed by atoms with van der Waals surface area (Å²) in [4.78, 5) is 4.23. The molecule has 7 heteroatoms. The van der Waals surface area contributed by atoms with Crippen LogP contribution in [0.15, 0.2) is 4.99 Å². The highest BCUT2D eigenvalue weighted by atomic mass is 127. The minimum absolute atomic E-state index is 0. The first kappa shape index (κ1) is 18.9. The Morgan fingerprint density at radius 3 is 3.00 bits per heavy atom. The second kappa shape index (κ2) is 11.7. The number of ether oxygens (including phenoxy) is 3. The van der Waals surface area contributed by atoms with Crippen LogP contribution < -0.4 is 11.1 Å². The molecule has 0 radical (unpaired) electrons. The molecule has 3 N–H and O–H groups in total. The minimum atomic E-state index is 0. The smallest absolute Gasteiger partial charge is 0.188 e. The average molecular weight is 387 g/mol. The van der Waals surface area contributed by atoms with Crippen LogP contribution in [0.3, 0.4) is 0 Å². The molecule has 1 saturated heterocycles. The van der Waals surface area contributed by atoms with Crippen LogP contribution in [0.2, 0.25) is 0 Å². The lowest BCUT2D eigenvalue weighted by Gasteiger charge is -2.13. The van der Waals surface area contributed by atoms with Gasteiger partial charge in [-0.2, -0.15) is 0 Å². The Morgan fingerprint density at radius 2 is 2.37 bits per heavy atom. The predicted octanol–water partition coefficient (Wildman–Crippen LogP) is 0.739. The quantitative estimate of drug-likeness (QED) is 0.278. The van der Waals surface area contributed by atoms with Gasteiger partial charge < -0.3 is 25.3 Å². The second-order valence-corrected chi connectivity index (χ2v) is 4.48. The lowest BCUT2D eigenvalue weighted by Crippen LogP contribution is -2.40. The van der Waals surface area contributed by atoms with E-state index in [1.54, 1.807) is 7.11 Å². The van der Waals surface area contributed by atoms with Crippen LogP contribution >= 0.6 is 24.0 Å². The molecule has 0 spiro atoms. The highest BCUT2D eigenvalue weighted by molar-refractivity contribution is 14.0. The Kier molecular flexibility index (Phi) is 11.6. The minimum Gasteiger partial charge on any atom is -0.383 e. The number of nitrogens with one attached hydrogen (secondary N) is 1. The molecule has 6 nitrogen and oxygen atoms in total. The summed E-state index contributed by atoms with van der Waals surface area (Å²) in [5.74, 6) is 0.462. The summed E-state index contributed by atoms with van der Waals surface area (Å²) in [7, 11) is 1.66. The number of halogens is 1. The van der Waals surface area contributed by atoms with Crippen molar-refractivity contribution in [3.05, 3.63) is 0 Å². The van der Waals surface area contributed by atoms with Crippen molar-refractivity contribution in [1.82, 2.24) is 5.32 Å². The fourth-order valence-electron chi connectivity index (χ4n) is 1.75. The number of nitrogens with two attached hydrogens (primary N) is 1. The van der Waals surface area contributed by atoms with Gasteiger partial charge in [0.25, 0.3) is 0 Å². The normalized spacial score (nSPS) is 20.9. The Hall–Kier alpha value is -0.120. The molecule has 2 atom stereocenters. The number of aliphatic imine (C=N–C) groups is 1. The van der Waals surface area contributed by atoms with Gasteiger partial charge in [-0.1, -0.05) is 0 Å². The summed E-state index contributed by atoms with van der Waals surface area (Å²) in [6.07, 6.45) is 2.14. The van der Waals surface area contributed by atoms with Crippen molar-refractivity contribution in [3.8, 4) is 0 Å². The summed E-state index contributed by atoms with van der Waals surface area (Å²) in [6.45, 7) is 5.53. The molecule has 0 aliphatic carbocycles. The Morgan fingerprint density at radius 1 is 1.58 bits per heavy atom. The van der Waals surface area contributed by atoms with Crippen LogP contribution in [0.4, 0.5) is 0 Å². The maximum Gasteiger partial charge on any atom is 0.188 e. The molecule has 19 heavy (non-hydrogen) atoms. The van der Waals surface area contributed by atoms with Gasteiger partial charge in [0.15, 0.2) is 5.96 Å². The SMILES string of the molecule is COCC(C)NC(N)=NCCCOC1CCOC1.I. The van der Waals surface area contributed by atoms with E-state index in [-0.39, 0.29) is 36.1 Å². The van der Waals surface area contributed by atoms with Gasteiger partial charge in [0.1, 0.15) is 0 Å². The summed E-state index contributed by atoms with van der Waals surface area (Å²) < 4.78 is 15.9. The van der Waals surface area contributed by atoms with Crippen LogP contribution in [0, 0.1) is 0 Å². The number of hydrogen-bond donors (Lipinski definition) is 2. The maximum atomic E-state index is 5.73. The van der Waals surface area contributed by atoms with E-state index in [0.717, 1.165) is 26.1 Å². The summed E-state index contributed by atoms with van der Waals surface area (Å²) >= 11 is 0. The van der Waals surface area contributed by atoms with E-state index < -0.39 is 0 Å². The van der Waals surface area contributed by atoms with Crippen LogP contribution in [0.1, 0.15) is 19.8 Å². The van der Waals surface area contributed by atoms with Crippen molar-refractivity contribution in [1.29, 1.82) is 0 Å². The lowest BCUT2D eigenvalue weighted by molar-refractivity contribution is 0.0424. The molecule has 0 aromatic rings. The fraction of sp³-hybridized carbons (Fsp3) is 0.917. The third-order valence-electron chi connectivity index (χ3n) is 2.64. The first-order chi connectivity index (χ1) is 8.72. The predicted molar refractivity (Wildman–Crippen MR) is 86.2 cm³/mol. The van der Waals surface area contributed by atoms with Crippen molar-refractivity contribution >= 4 is 29.9 Å². The molecule has 0 bridgehead atoms. The molecule has 1 aliphatic rings.